The van der Waals surface area contributed by atoms with Crippen LogP contribution >= 0.6 is 0 Å². The maximum Gasteiger partial charge on any atom is 0.219 e. The van der Waals surface area contributed by atoms with Crippen molar-refractivity contribution in [3.63, 3.8) is 0 Å². The van der Waals surface area contributed by atoms with Crippen molar-refractivity contribution in [2.45, 2.75) is 84.3 Å². The fraction of sp³-hybridized carbons (Fsp3) is 0.581. The Bertz CT molecular complexity index is 1460. The number of fused-ring (bicyclic) bond motifs is 2. The van der Waals surface area contributed by atoms with Gasteiger partial charge in [0, 0.05) is 68.8 Å². The Balaban J connectivity index is 1.43. The molecule has 1 unspecified atom stereocenters. The van der Waals surface area contributed by atoms with Gasteiger partial charge in [0.05, 0.1) is 32.0 Å². The fourth-order valence-electron chi connectivity index (χ4n) is 6.17. The van der Waals surface area contributed by atoms with Gasteiger partial charge in [-0.1, -0.05) is 26.8 Å². The van der Waals surface area contributed by atoms with Gasteiger partial charge in [-0.05, 0) is 53.7 Å². The van der Waals surface area contributed by atoms with E-state index < -0.39 is 8.32 Å². The van der Waals surface area contributed by atoms with E-state index in [4.69, 9.17) is 14.3 Å². The molecule has 0 N–H and O–H groups in total. The first-order valence-electron chi connectivity index (χ1n) is 14.9. The highest BCUT2D eigenvalue weighted by Crippen LogP contribution is 2.44. The molecule has 5 heterocycles. The first-order chi connectivity index (χ1) is 19.4. The predicted octanol–water partition coefficient (Wildman–Crippen LogP) is 5.37. The standard InChI is InChI=1S/C31H44N6O3Si/c1-21(38)35-13-11-29-26(18-35)30(33-37(29)23-12-15-39-19-23)36-14-10-25-27(20-40-41(6,7)31(2,3)4)24(8-9-28(25)36)22-16-32-34(5)17-22/h8-9,16-17,23H,10-15,18-20H2,1-7H3. The van der Waals surface area contributed by atoms with E-state index in [0.29, 0.717) is 19.8 Å². The average Bonchev–Trinajstić information content (AvgIpc) is 3.71. The summed E-state index contributed by atoms with van der Waals surface area (Å²) >= 11 is 0. The van der Waals surface area contributed by atoms with Crippen LogP contribution in [0.2, 0.25) is 18.1 Å². The van der Waals surface area contributed by atoms with Crippen molar-refractivity contribution in [2.24, 2.45) is 7.05 Å². The van der Waals surface area contributed by atoms with Crippen LogP contribution in [0.5, 0.6) is 0 Å². The lowest BCUT2D eigenvalue weighted by molar-refractivity contribution is -0.129. The van der Waals surface area contributed by atoms with Gasteiger partial charge in [-0.3, -0.25) is 14.2 Å². The molecule has 1 amide bonds. The minimum absolute atomic E-state index is 0.117. The number of rotatable bonds is 6. The zero-order valence-corrected chi connectivity index (χ0v) is 26.7. The van der Waals surface area contributed by atoms with E-state index in [-0.39, 0.29) is 17.0 Å². The number of anilines is 2. The maximum atomic E-state index is 12.4. The molecular weight excluding hydrogens is 532 g/mol. The summed E-state index contributed by atoms with van der Waals surface area (Å²) in [6.07, 6.45) is 6.75. The van der Waals surface area contributed by atoms with Gasteiger partial charge in [-0.15, -0.1) is 0 Å². The van der Waals surface area contributed by atoms with Gasteiger partial charge in [0.25, 0.3) is 0 Å². The van der Waals surface area contributed by atoms with Crippen molar-refractivity contribution >= 4 is 25.7 Å². The van der Waals surface area contributed by atoms with Crippen LogP contribution in [0.4, 0.5) is 11.5 Å². The third-order valence-electron chi connectivity index (χ3n) is 9.70. The number of nitrogens with zero attached hydrogens (tertiary/aromatic N) is 6. The van der Waals surface area contributed by atoms with E-state index in [1.165, 1.54) is 33.6 Å². The quantitative estimate of drug-likeness (QED) is 0.368. The number of hydrogen-bond donors (Lipinski definition) is 0. The Hall–Kier alpha value is -2.95. The summed E-state index contributed by atoms with van der Waals surface area (Å²) in [6, 6.07) is 4.73. The monoisotopic (exact) mass is 576 g/mol. The number of benzene rings is 1. The lowest BCUT2D eigenvalue weighted by Gasteiger charge is -2.36. The molecule has 1 fully saturated rings. The number of carbonyl (C=O) groups excluding carboxylic acids is 1. The lowest BCUT2D eigenvalue weighted by Crippen LogP contribution is -2.40. The number of carbonyl (C=O) groups is 1. The van der Waals surface area contributed by atoms with Crippen molar-refractivity contribution in [2.75, 3.05) is 31.2 Å². The Kier molecular flexibility index (Phi) is 7.15. The van der Waals surface area contributed by atoms with Crippen LogP contribution in [0.1, 0.15) is 62.5 Å². The summed E-state index contributed by atoms with van der Waals surface area (Å²) in [5.41, 5.74) is 8.53. The Morgan fingerprint density at radius 3 is 2.63 bits per heavy atom. The summed E-state index contributed by atoms with van der Waals surface area (Å²) < 4.78 is 16.7. The second-order valence-electron chi connectivity index (χ2n) is 13.3. The Morgan fingerprint density at radius 1 is 1.17 bits per heavy atom. The topological polar surface area (TPSA) is 77.7 Å². The van der Waals surface area contributed by atoms with E-state index in [9.17, 15) is 4.79 Å². The number of aromatic nitrogens is 4. The number of amides is 1. The molecule has 3 aliphatic heterocycles. The third kappa shape index (κ3) is 5.04. The maximum absolute atomic E-state index is 12.4. The van der Waals surface area contributed by atoms with Crippen LogP contribution in [-0.4, -0.2) is 65.0 Å². The normalized spacial score (nSPS) is 19.1. The number of ether oxygens (including phenoxy) is 1. The highest BCUT2D eigenvalue weighted by Gasteiger charge is 2.39. The Labute approximate surface area is 244 Å². The van der Waals surface area contributed by atoms with Crippen LogP contribution in [-0.2, 0) is 47.0 Å². The Morgan fingerprint density at radius 2 is 1.98 bits per heavy atom. The molecule has 2 aromatic heterocycles. The van der Waals surface area contributed by atoms with Crippen molar-refractivity contribution in [3.8, 4) is 11.1 Å². The predicted molar refractivity (Wildman–Crippen MR) is 163 cm³/mol. The molecule has 1 atom stereocenters. The van der Waals surface area contributed by atoms with Crippen molar-refractivity contribution in [1.29, 1.82) is 0 Å². The van der Waals surface area contributed by atoms with Crippen LogP contribution < -0.4 is 4.90 Å². The summed E-state index contributed by atoms with van der Waals surface area (Å²) in [5, 5.41) is 9.86. The van der Waals surface area contributed by atoms with Gasteiger partial charge in [0.1, 0.15) is 0 Å². The molecule has 9 nitrogen and oxygen atoms in total. The minimum Gasteiger partial charge on any atom is -0.413 e. The lowest BCUT2D eigenvalue weighted by atomic mass is 9.96. The third-order valence-corrected chi connectivity index (χ3v) is 14.2. The molecule has 6 rings (SSSR count). The first-order valence-corrected chi connectivity index (χ1v) is 17.8. The van der Waals surface area contributed by atoms with E-state index in [0.717, 1.165) is 50.3 Å². The van der Waals surface area contributed by atoms with Crippen molar-refractivity contribution in [3.05, 3.63) is 46.9 Å². The van der Waals surface area contributed by atoms with Gasteiger partial charge in [-0.25, -0.2) is 0 Å². The molecule has 0 saturated carbocycles. The zero-order valence-electron chi connectivity index (χ0n) is 25.7. The second kappa shape index (κ2) is 10.4. The largest absolute Gasteiger partial charge is 0.413 e. The zero-order chi connectivity index (χ0) is 29.1. The summed E-state index contributed by atoms with van der Waals surface area (Å²) in [5.74, 6) is 1.11. The molecule has 220 valence electrons. The molecule has 0 aliphatic carbocycles. The van der Waals surface area contributed by atoms with E-state index in [2.05, 4.69) is 66.9 Å². The smallest absolute Gasteiger partial charge is 0.219 e. The molecular formula is C31H44N6O3Si. The van der Waals surface area contributed by atoms with Gasteiger partial charge < -0.3 is 19.0 Å². The van der Waals surface area contributed by atoms with Crippen molar-refractivity contribution < 1.29 is 14.0 Å². The van der Waals surface area contributed by atoms with Crippen molar-refractivity contribution in [1.82, 2.24) is 24.5 Å². The minimum atomic E-state index is -1.97. The second-order valence-corrected chi connectivity index (χ2v) is 18.2. The molecule has 3 aliphatic rings. The molecule has 41 heavy (non-hydrogen) atoms. The number of hydrogen-bond acceptors (Lipinski definition) is 6. The summed E-state index contributed by atoms with van der Waals surface area (Å²) in [6.45, 7) is 17.4. The van der Waals surface area contributed by atoms with Gasteiger partial charge in [-0.2, -0.15) is 10.2 Å². The van der Waals surface area contributed by atoms with Gasteiger partial charge in [0.2, 0.25) is 5.91 Å². The molecule has 0 bridgehead atoms. The van der Waals surface area contributed by atoms with Crippen LogP contribution in [0.25, 0.3) is 11.1 Å². The highest BCUT2D eigenvalue weighted by atomic mass is 28.4. The van der Waals surface area contributed by atoms with Crippen LogP contribution in [0, 0.1) is 0 Å². The molecule has 0 spiro atoms. The summed E-state index contributed by atoms with van der Waals surface area (Å²) in [4.78, 5) is 16.7. The van der Waals surface area contributed by atoms with E-state index in [1.54, 1.807) is 6.92 Å². The summed E-state index contributed by atoms with van der Waals surface area (Å²) in [7, 11) is -0.00731. The van der Waals surface area contributed by atoms with Crippen LogP contribution in [0.15, 0.2) is 24.5 Å². The molecule has 1 saturated heterocycles. The van der Waals surface area contributed by atoms with E-state index >= 15 is 0 Å². The molecule has 3 aromatic rings. The van der Waals surface area contributed by atoms with Gasteiger partial charge >= 0.3 is 0 Å². The molecule has 10 heteroatoms. The molecule has 0 radical (unpaired) electrons. The van der Waals surface area contributed by atoms with Crippen LogP contribution in [0.3, 0.4) is 0 Å². The SMILES string of the molecule is CC(=O)N1CCc2c(c(N3CCc4c3ccc(-c3cnn(C)c3)c4CO[Si](C)(C)C(C)(C)C)nn2C2CCOC2)C1. The molecule has 1 aromatic carbocycles. The highest BCUT2D eigenvalue weighted by molar-refractivity contribution is 6.74. The number of aryl methyl sites for hydroxylation is 1. The fourth-order valence-corrected chi connectivity index (χ4v) is 7.11. The average molecular weight is 577 g/mol. The van der Waals surface area contributed by atoms with Gasteiger partial charge in [0.15, 0.2) is 14.1 Å². The first kappa shape index (κ1) is 28.2. The van der Waals surface area contributed by atoms with E-state index in [1.807, 2.05) is 22.8 Å².